The first-order valence-corrected chi connectivity index (χ1v) is 6.10. The summed E-state index contributed by atoms with van der Waals surface area (Å²) in [7, 11) is 5.51. The second-order valence-electron chi connectivity index (χ2n) is 4.57. The smallest absolute Gasteiger partial charge is 0.287 e. The molecule has 0 aliphatic carbocycles. The van der Waals surface area contributed by atoms with Crippen molar-refractivity contribution in [2.45, 2.75) is 0 Å². The van der Waals surface area contributed by atoms with Gasteiger partial charge in [-0.3, -0.25) is 4.79 Å². The summed E-state index contributed by atoms with van der Waals surface area (Å²) in [6.45, 7) is 1.38. The fraction of sp³-hybridized carbons (Fsp3) is 0.357. The average Bonchev–Trinajstić information content (AvgIpc) is 2.80. The van der Waals surface area contributed by atoms with Gasteiger partial charge in [0.25, 0.3) is 5.91 Å². The predicted octanol–water partition coefficient (Wildman–Crippen LogP) is 1.73. The molecule has 0 aliphatic heterocycles. The van der Waals surface area contributed by atoms with Crippen LogP contribution in [0.1, 0.15) is 10.6 Å². The summed E-state index contributed by atoms with van der Waals surface area (Å²) in [5, 5.41) is 3.70. The second-order valence-corrected chi connectivity index (χ2v) is 4.57. The van der Waals surface area contributed by atoms with Gasteiger partial charge in [0, 0.05) is 24.5 Å². The summed E-state index contributed by atoms with van der Waals surface area (Å²) in [5.74, 6) is 0.834. The molecule has 2 aromatic rings. The van der Waals surface area contributed by atoms with Crippen LogP contribution in [0.4, 0.5) is 0 Å². The van der Waals surface area contributed by atoms with Crippen molar-refractivity contribution in [2.75, 3.05) is 34.3 Å². The number of carbonyl (C=O) groups is 1. The Labute approximate surface area is 112 Å². The van der Waals surface area contributed by atoms with Crippen LogP contribution >= 0.6 is 0 Å². The van der Waals surface area contributed by atoms with Gasteiger partial charge in [-0.15, -0.1) is 0 Å². The van der Waals surface area contributed by atoms with Gasteiger partial charge in [0.05, 0.1) is 7.11 Å². The maximum Gasteiger partial charge on any atom is 0.287 e. The summed E-state index contributed by atoms with van der Waals surface area (Å²) < 4.78 is 10.6. The molecule has 1 heterocycles. The van der Waals surface area contributed by atoms with E-state index in [9.17, 15) is 4.79 Å². The highest BCUT2D eigenvalue weighted by Crippen LogP contribution is 2.24. The van der Waals surface area contributed by atoms with Crippen molar-refractivity contribution < 1.29 is 13.9 Å². The van der Waals surface area contributed by atoms with Gasteiger partial charge in [0.15, 0.2) is 5.76 Å². The van der Waals surface area contributed by atoms with E-state index in [1.165, 1.54) is 0 Å². The first kappa shape index (κ1) is 13.4. The van der Waals surface area contributed by atoms with E-state index < -0.39 is 0 Å². The van der Waals surface area contributed by atoms with Crippen LogP contribution < -0.4 is 10.1 Å². The highest BCUT2D eigenvalue weighted by Gasteiger charge is 2.12. The van der Waals surface area contributed by atoms with E-state index in [1.54, 1.807) is 19.2 Å². The number of hydrogen-bond acceptors (Lipinski definition) is 4. The molecule has 1 amide bonds. The quantitative estimate of drug-likeness (QED) is 0.891. The SMILES string of the molecule is COc1ccc2cc(C(=O)NCCN(C)C)oc2c1. The van der Waals surface area contributed by atoms with Gasteiger partial charge in [-0.25, -0.2) is 0 Å². The first-order chi connectivity index (χ1) is 9.10. The lowest BCUT2D eigenvalue weighted by Gasteiger charge is -2.09. The van der Waals surface area contributed by atoms with Crippen molar-refractivity contribution in [3.05, 3.63) is 30.0 Å². The number of nitrogens with zero attached hydrogens (tertiary/aromatic N) is 1. The molecule has 0 bridgehead atoms. The van der Waals surface area contributed by atoms with Crippen LogP contribution in [0, 0.1) is 0 Å². The molecule has 0 saturated heterocycles. The molecule has 0 radical (unpaired) electrons. The molecule has 0 aliphatic rings. The normalized spacial score (nSPS) is 10.9. The van der Waals surface area contributed by atoms with Gasteiger partial charge in [0.1, 0.15) is 11.3 Å². The Kier molecular flexibility index (Phi) is 4.06. The number of ether oxygens (including phenoxy) is 1. The number of hydrogen-bond donors (Lipinski definition) is 1. The lowest BCUT2D eigenvalue weighted by molar-refractivity contribution is 0.0925. The molecule has 5 nitrogen and oxygen atoms in total. The number of furan rings is 1. The molecule has 0 spiro atoms. The lowest BCUT2D eigenvalue weighted by Crippen LogP contribution is -2.31. The van der Waals surface area contributed by atoms with E-state index in [2.05, 4.69) is 5.32 Å². The molecular weight excluding hydrogens is 244 g/mol. The van der Waals surface area contributed by atoms with Crippen LogP contribution in [0.2, 0.25) is 0 Å². The van der Waals surface area contributed by atoms with Crippen LogP contribution in [0.5, 0.6) is 5.75 Å². The van der Waals surface area contributed by atoms with Crippen molar-refractivity contribution in [2.24, 2.45) is 0 Å². The number of carbonyl (C=O) groups excluding carboxylic acids is 1. The Hall–Kier alpha value is -2.01. The topological polar surface area (TPSA) is 54.7 Å². The minimum Gasteiger partial charge on any atom is -0.497 e. The lowest BCUT2D eigenvalue weighted by atomic mass is 10.2. The van der Waals surface area contributed by atoms with Gasteiger partial charge in [0.2, 0.25) is 0 Å². The number of likely N-dealkylation sites (N-methyl/N-ethyl adjacent to an activating group) is 1. The molecule has 0 unspecified atom stereocenters. The van der Waals surface area contributed by atoms with E-state index >= 15 is 0 Å². The van der Waals surface area contributed by atoms with Crippen molar-refractivity contribution in [1.29, 1.82) is 0 Å². The average molecular weight is 262 g/mol. The van der Waals surface area contributed by atoms with Gasteiger partial charge in [-0.1, -0.05) is 0 Å². The fourth-order valence-corrected chi connectivity index (χ4v) is 1.73. The van der Waals surface area contributed by atoms with Gasteiger partial charge >= 0.3 is 0 Å². The van der Waals surface area contributed by atoms with Crippen LogP contribution in [-0.2, 0) is 0 Å². The van der Waals surface area contributed by atoms with E-state index in [1.807, 2.05) is 31.1 Å². The summed E-state index contributed by atoms with van der Waals surface area (Å²) in [6, 6.07) is 7.21. The fourth-order valence-electron chi connectivity index (χ4n) is 1.73. The molecule has 5 heteroatoms. The van der Waals surface area contributed by atoms with Crippen LogP contribution in [0.15, 0.2) is 28.7 Å². The van der Waals surface area contributed by atoms with Gasteiger partial charge in [-0.2, -0.15) is 0 Å². The summed E-state index contributed by atoms with van der Waals surface area (Å²) in [4.78, 5) is 13.9. The van der Waals surface area contributed by atoms with Crippen LogP contribution in [-0.4, -0.2) is 45.1 Å². The standard InChI is InChI=1S/C14H18N2O3/c1-16(2)7-6-15-14(17)13-8-10-4-5-11(18-3)9-12(10)19-13/h4-5,8-9H,6-7H2,1-3H3,(H,15,17). The van der Waals surface area contributed by atoms with Gasteiger partial charge < -0.3 is 19.4 Å². The maximum absolute atomic E-state index is 11.9. The Balaban J connectivity index is 2.10. The monoisotopic (exact) mass is 262 g/mol. The third-order valence-electron chi connectivity index (χ3n) is 2.80. The molecule has 102 valence electrons. The molecule has 1 aromatic carbocycles. The molecule has 2 rings (SSSR count). The van der Waals surface area contributed by atoms with Crippen molar-refractivity contribution in [1.82, 2.24) is 10.2 Å². The first-order valence-electron chi connectivity index (χ1n) is 6.10. The number of fused-ring (bicyclic) bond motifs is 1. The van der Waals surface area contributed by atoms with E-state index in [0.717, 1.165) is 11.9 Å². The molecule has 0 atom stereocenters. The minimum absolute atomic E-state index is 0.197. The van der Waals surface area contributed by atoms with E-state index in [4.69, 9.17) is 9.15 Å². The second kappa shape index (κ2) is 5.75. The number of amides is 1. The predicted molar refractivity (Wildman–Crippen MR) is 73.7 cm³/mol. The Morgan fingerprint density at radius 3 is 2.84 bits per heavy atom. The Bertz CT molecular complexity index is 575. The molecule has 1 aromatic heterocycles. The number of benzene rings is 1. The number of rotatable bonds is 5. The van der Waals surface area contributed by atoms with Crippen molar-refractivity contribution >= 4 is 16.9 Å². The van der Waals surface area contributed by atoms with Gasteiger partial charge in [-0.05, 0) is 32.3 Å². The highest BCUT2D eigenvalue weighted by molar-refractivity contribution is 5.96. The largest absolute Gasteiger partial charge is 0.497 e. The summed E-state index contributed by atoms with van der Waals surface area (Å²) in [5.41, 5.74) is 0.650. The highest BCUT2D eigenvalue weighted by atomic mass is 16.5. The summed E-state index contributed by atoms with van der Waals surface area (Å²) in [6.07, 6.45) is 0. The molecular formula is C14H18N2O3. The van der Waals surface area contributed by atoms with Crippen LogP contribution in [0.25, 0.3) is 11.0 Å². The van der Waals surface area contributed by atoms with E-state index in [-0.39, 0.29) is 5.91 Å². The van der Waals surface area contributed by atoms with Crippen LogP contribution in [0.3, 0.4) is 0 Å². The summed E-state index contributed by atoms with van der Waals surface area (Å²) >= 11 is 0. The zero-order valence-electron chi connectivity index (χ0n) is 11.4. The zero-order chi connectivity index (χ0) is 13.8. The number of nitrogens with one attached hydrogen (secondary N) is 1. The number of methoxy groups -OCH3 is 1. The molecule has 1 N–H and O–H groups in total. The molecule has 19 heavy (non-hydrogen) atoms. The minimum atomic E-state index is -0.197. The zero-order valence-corrected chi connectivity index (χ0v) is 11.4. The third-order valence-corrected chi connectivity index (χ3v) is 2.80. The maximum atomic E-state index is 11.9. The van der Waals surface area contributed by atoms with Crippen molar-refractivity contribution in [3.63, 3.8) is 0 Å². The van der Waals surface area contributed by atoms with Crippen molar-refractivity contribution in [3.8, 4) is 5.75 Å². The Morgan fingerprint density at radius 1 is 1.37 bits per heavy atom. The third kappa shape index (κ3) is 3.26. The Morgan fingerprint density at radius 2 is 2.16 bits per heavy atom. The molecule has 0 fully saturated rings. The molecule has 0 saturated carbocycles. The van der Waals surface area contributed by atoms with E-state index in [0.29, 0.717) is 23.6 Å².